The lowest BCUT2D eigenvalue weighted by Crippen LogP contribution is -2.54. The lowest BCUT2D eigenvalue weighted by atomic mass is 9.44. The number of aliphatic hydroxyl groups excluding tert-OH is 2. The van der Waals surface area contributed by atoms with Crippen LogP contribution in [0.2, 0.25) is 0 Å². The van der Waals surface area contributed by atoms with Gasteiger partial charge >= 0.3 is 0 Å². The Bertz CT molecular complexity index is 608. The zero-order chi connectivity index (χ0) is 21.9. The van der Waals surface area contributed by atoms with Crippen molar-refractivity contribution in [3.05, 3.63) is 0 Å². The van der Waals surface area contributed by atoms with E-state index < -0.39 is 0 Å². The Morgan fingerprint density at radius 3 is 2.23 bits per heavy atom. The maximum Gasteiger partial charge on any atom is 0.0588 e. The first-order valence-electron chi connectivity index (χ1n) is 13.3. The van der Waals surface area contributed by atoms with E-state index in [0.29, 0.717) is 10.8 Å². The van der Waals surface area contributed by atoms with Crippen LogP contribution >= 0.6 is 0 Å². The summed E-state index contributed by atoms with van der Waals surface area (Å²) in [5.74, 6) is 5.08. The highest BCUT2D eigenvalue weighted by Gasteiger charge is 2.60. The Morgan fingerprint density at radius 2 is 1.53 bits per heavy atom. The molecule has 0 saturated heterocycles. The largest absolute Gasteiger partial charge is 0.393 e. The summed E-state index contributed by atoms with van der Waals surface area (Å²) in [5, 5.41) is 20.8. The van der Waals surface area contributed by atoms with E-state index in [0.717, 1.165) is 54.8 Å². The third kappa shape index (κ3) is 3.81. The lowest BCUT2D eigenvalue weighted by molar-refractivity contribution is -0.129. The van der Waals surface area contributed by atoms with Gasteiger partial charge in [0.05, 0.1) is 12.2 Å². The monoisotopic (exact) mass is 418 g/mol. The third-order valence-corrected chi connectivity index (χ3v) is 11.3. The highest BCUT2D eigenvalue weighted by molar-refractivity contribution is 5.09. The summed E-state index contributed by atoms with van der Waals surface area (Å²) in [6, 6.07) is 0. The molecular formula is C28H50O2. The standard InChI is InChI=1S/C28H50O2/c1-18(7-12-25(30)26(2,3)4)22-10-11-23-21-9-8-19-17-20(29)13-15-27(19,5)24(21)14-16-28(22,23)6/h18-25,29-30H,7-17H2,1-6H3/t18-,19-,20+,21+,22-,23+,24+,25?,27+,28-/m1/s1. The molecule has 2 heteroatoms. The second kappa shape index (κ2) is 8.05. The summed E-state index contributed by atoms with van der Waals surface area (Å²) in [6.45, 7) is 14.2. The maximum atomic E-state index is 10.6. The summed E-state index contributed by atoms with van der Waals surface area (Å²) in [7, 11) is 0. The average Bonchev–Trinajstić information content (AvgIpc) is 3.03. The minimum Gasteiger partial charge on any atom is -0.393 e. The van der Waals surface area contributed by atoms with E-state index in [2.05, 4.69) is 41.5 Å². The molecule has 0 spiro atoms. The second-order valence-corrected chi connectivity index (χ2v) is 13.7. The molecule has 0 heterocycles. The first kappa shape index (κ1) is 23.1. The molecule has 2 N–H and O–H groups in total. The molecule has 10 atom stereocenters. The predicted molar refractivity (Wildman–Crippen MR) is 125 cm³/mol. The molecule has 1 unspecified atom stereocenters. The fourth-order valence-electron chi connectivity index (χ4n) is 9.27. The van der Waals surface area contributed by atoms with E-state index in [1.807, 2.05) is 0 Å². The van der Waals surface area contributed by atoms with E-state index in [4.69, 9.17) is 0 Å². The maximum absolute atomic E-state index is 10.6. The molecule has 4 saturated carbocycles. The molecule has 0 bridgehead atoms. The molecule has 4 fully saturated rings. The van der Waals surface area contributed by atoms with Crippen molar-refractivity contribution in [1.82, 2.24) is 0 Å². The molecule has 0 aliphatic heterocycles. The fourth-order valence-corrected chi connectivity index (χ4v) is 9.27. The number of hydrogen-bond acceptors (Lipinski definition) is 2. The van der Waals surface area contributed by atoms with Gasteiger partial charge in [-0.2, -0.15) is 0 Å². The lowest BCUT2D eigenvalue weighted by Gasteiger charge is -2.61. The van der Waals surface area contributed by atoms with Crippen LogP contribution in [0.4, 0.5) is 0 Å². The van der Waals surface area contributed by atoms with Crippen LogP contribution in [0.15, 0.2) is 0 Å². The summed E-state index contributed by atoms with van der Waals surface area (Å²) in [5.41, 5.74) is 1.01. The van der Waals surface area contributed by atoms with E-state index in [1.165, 1.54) is 51.4 Å². The smallest absolute Gasteiger partial charge is 0.0588 e. The van der Waals surface area contributed by atoms with Crippen molar-refractivity contribution < 1.29 is 10.2 Å². The van der Waals surface area contributed by atoms with Crippen molar-refractivity contribution in [2.45, 2.75) is 124 Å². The molecule has 4 aliphatic carbocycles. The predicted octanol–water partition coefficient (Wildman–Crippen LogP) is 6.83. The van der Waals surface area contributed by atoms with Crippen molar-refractivity contribution in [3.8, 4) is 0 Å². The summed E-state index contributed by atoms with van der Waals surface area (Å²) >= 11 is 0. The first-order chi connectivity index (χ1) is 14.0. The molecule has 0 aromatic carbocycles. The van der Waals surface area contributed by atoms with Gasteiger partial charge in [-0.15, -0.1) is 0 Å². The quantitative estimate of drug-likeness (QED) is 0.525. The van der Waals surface area contributed by atoms with Crippen LogP contribution in [-0.4, -0.2) is 22.4 Å². The number of rotatable bonds is 4. The zero-order valence-electron chi connectivity index (χ0n) is 20.8. The molecule has 0 amide bonds. The molecule has 0 aromatic rings. The van der Waals surface area contributed by atoms with E-state index >= 15 is 0 Å². The molecule has 2 nitrogen and oxygen atoms in total. The second-order valence-electron chi connectivity index (χ2n) is 13.7. The summed E-state index contributed by atoms with van der Waals surface area (Å²) in [4.78, 5) is 0. The van der Waals surface area contributed by atoms with E-state index in [-0.39, 0.29) is 17.6 Å². The highest BCUT2D eigenvalue weighted by Crippen LogP contribution is 2.68. The van der Waals surface area contributed by atoms with Crippen LogP contribution in [0.3, 0.4) is 0 Å². The van der Waals surface area contributed by atoms with Gasteiger partial charge in [-0.25, -0.2) is 0 Å². The molecule has 0 aromatic heterocycles. The summed E-state index contributed by atoms with van der Waals surface area (Å²) in [6.07, 6.45) is 13.8. The Hall–Kier alpha value is -0.0800. The normalized spacial score (nSPS) is 48.4. The van der Waals surface area contributed by atoms with Gasteiger partial charge in [0.25, 0.3) is 0 Å². The average molecular weight is 419 g/mol. The van der Waals surface area contributed by atoms with E-state index in [9.17, 15) is 10.2 Å². The molecule has 30 heavy (non-hydrogen) atoms. The van der Waals surface area contributed by atoms with Gasteiger partial charge in [-0.05, 0) is 122 Å². The highest BCUT2D eigenvalue weighted by atomic mass is 16.3. The van der Waals surface area contributed by atoms with Gasteiger partial charge in [-0.3, -0.25) is 0 Å². The summed E-state index contributed by atoms with van der Waals surface area (Å²) < 4.78 is 0. The van der Waals surface area contributed by atoms with Gasteiger partial charge in [0, 0.05) is 0 Å². The Balaban J connectivity index is 1.45. The van der Waals surface area contributed by atoms with Gasteiger partial charge in [-0.1, -0.05) is 41.5 Å². The topological polar surface area (TPSA) is 40.5 Å². The molecule has 0 radical (unpaired) electrons. The van der Waals surface area contributed by atoms with Crippen LogP contribution in [0, 0.1) is 51.8 Å². The third-order valence-electron chi connectivity index (χ3n) is 11.3. The molecule has 174 valence electrons. The van der Waals surface area contributed by atoms with Crippen LogP contribution < -0.4 is 0 Å². The van der Waals surface area contributed by atoms with Crippen LogP contribution in [-0.2, 0) is 0 Å². The van der Waals surface area contributed by atoms with Gasteiger partial charge in [0.2, 0.25) is 0 Å². The van der Waals surface area contributed by atoms with Crippen molar-refractivity contribution in [3.63, 3.8) is 0 Å². The zero-order valence-corrected chi connectivity index (χ0v) is 20.8. The fraction of sp³-hybridized carbons (Fsp3) is 1.00. The van der Waals surface area contributed by atoms with Crippen molar-refractivity contribution in [2.24, 2.45) is 51.8 Å². The minimum atomic E-state index is -0.183. The Morgan fingerprint density at radius 1 is 0.867 bits per heavy atom. The first-order valence-corrected chi connectivity index (χ1v) is 13.3. The van der Waals surface area contributed by atoms with E-state index in [1.54, 1.807) is 0 Å². The Labute approximate surface area is 186 Å². The molecule has 4 rings (SSSR count). The van der Waals surface area contributed by atoms with Gasteiger partial charge < -0.3 is 10.2 Å². The van der Waals surface area contributed by atoms with Gasteiger partial charge in [0.1, 0.15) is 0 Å². The SMILES string of the molecule is C[C@H](CCC(O)C(C)(C)C)[C@H]1CC[C@H]2[C@@H]3CC[C@@H]4C[C@@H](O)CC[C@]4(C)[C@H]3CC[C@]12C. The minimum absolute atomic E-state index is 0.00154. The molecule has 4 aliphatic rings. The van der Waals surface area contributed by atoms with Crippen LogP contribution in [0.25, 0.3) is 0 Å². The number of aliphatic hydroxyl groups is 2. The number of hydrogen-bond donors (Lipinski definition) is 2. The van der Waals surface area contributed by atoms with Crippen LogP contribution in [0.1, 0.15) is 112 Å². The van der Waals surface area contributed by atoms with Crippen molar-refractivity contribution >= 4 is 0 Å². The van der Waals surface area contributed by atoms with Crippen molar-refractivity contribution in [1.29, 1.82) is 0 Å². The van der Waals surface area contributed by atoms with Crippen molar-refractivity contribution in [2.75, 3.05) is 0 Å². The van der Waals surface area contributed by atoms with Gasteiger partial charge in [0.15, 0.2) is 0 Å². The number of fused-ring (bicyclic) bond motifs is 5. The van der Waals surface area contributed by atoms with Crippen LogP contribution in [0.5, 0.6) is 0 Å². The molecular weight excluding hydrogens is 368 g/mol. The Kier molecular flexibility index (Phi) is 6.20.